The van der Waals surface area contributed by atoms with Crippen LogP contribution < -0.4 is 0 Å². The summed E-state index contributed by atoms with van der Waals surface area (Å²) < 4.78 is 34.4. The van der Waals surface area contributed by atoms with Crippen LogP contribution in [-0.2, 0) is 16.4 Å². The summed E-state index contributed by atoms with van der Waals surface area (Å²) in [6, 6.07) is 10.5. The maximum Gasteiger partial charge on any atom is 0.243 e. The van der Waals surface area contributed by atoms with Crippen molar-refractivity contribution in [1.82, 2.24) is 29.2 Å². The molecule has 0 atom stereocenters. The SMILES string of the molecule is O=S(=O)(c1ccc(Cc2nc(-c3ccncc3-n3cccn3)no2)cc1)N1CCCCC1. The number of rotatable bonds is 6. The molecule has 1 saturated heterocycles. The second-order valence-electron chi connectivity index (χ2n) is 7.64. The number of aromatic nitrogens is 5. The Balaban J connectivity index is 1.34. The lowest BCUT2D eigenvalue weighted by Gasteiger charge is -2.25. The van der Waals surface area contributed by atoms with Crippen molar-refractivity contribution in [3.63, 3.8) is 0 Å². The third-order valence-electron chi connectivity index (χ3n) is 5.49. The third-order valence-corrected chi connectivity index (χ3v) is 7.40. The first-order valence-electron chi connectivity index (χ1n) is 10.5. The molecule has 10 heteroatoms. The average Bonchev–Trinajstić information content (AvgIpc) is 3.53. The fourth-order valence-electron chi connectivity index (χ4n) is 3.81. The Kier molecular flexibility index (Phi) is 5.54. The van der Waals surface area contributed by atoms with Crippen molar-refractivity contribution in [3.05, 3.63) is 72.6 Å². The lowest BCUT2D eigenvalue weighted by molar-refractivity contribution is 0.346. The molecule has 9 nitrogen and oxygen atoms in total. The summed E-state index contributed by atoms with van der Waals surface area (Å²) in [6.45, 7) is 1.18. The Morgan fingerprint density at radius 3 is 2.56 bits per heavy atom. The molecule has 0 radical (unpaired) electrons. The summed E-state index contributed by atoms with van der Waals surface area (Å²) in [5, 5.41) is 8.36. The van der Waals surface area contributed by atoms with Crippen molar-refractivity contribution < 1.29 is 12.9 Å². The molecule has 4 heterocycles. The van der Waals surface area contributed by atoms with Gasteiger partial charge in [0.25, 0.3) is 0 Å². The third kappa shape index (κ3) is 4.06. The molecule has 1 aliphatic heterocycles. The van der Waals surface area contributed by atoms with Gasteiger partial charge in [-0.05, 0) is 42.7 Å². The second kappa shape index (κ2) is 8.64. The van der Waals surface area contributed by atoms with E-state index >= 15 is 0 Å². The average molecular weight is 451 g/mol. The largest absolute Gasteiger partial charge is 0.339 e. The van der Waals surface area contributed by atoms with Gasteiger partial charge in [-0.15, -0.1) is 0 Å². The normalized spacial score (nSPS) is 15.1. The van der Waals surface area contributed by atoms with E-state index < -0.39 is 10.0 Å². The number of pyridine rings is 1. The molecule has 0 spiro atoms. The van der Waals surface area contributed by atoms with Crippen LogP contribution in [-0.4, -0.2) is 50.7 Å². The molecule has 1 aromatic carbocycles. The highest BCUT2D eigenvalue weighted by atomic mass is 32.2. The van der Waals surface area contributed by atoms with Crippen molar-refractivity contribution in [2.24, 2.45) is 0 Å². The van der Waals surface area contributed by atoms with Crippen LogP contribution in [0, 0.1) is 0 Å². The van der Waals surface area contributed by atoms with Gasteiger partial charge in [0.1, 0.15) is 0 Å². The van der Waals surface area contributed by atoms with Crippen LogP contribution in [0.3, 0.4) is 0 Å². The zero-order valence-electron chi connectivity index (χ0n) is 17.3. The Morgan fingerprint density at radius 2 is 1.81 bits per heavy atom. The summed E-state index contributed by atoms with van der Waals surface area (Å²) in [5.41, 5.74) is 2.39. The monoisotopic (exact) mass is 450 g/mol. The Hall–Kier alpha value is -3.37. The molecule has 1 aliphatic rings. The maximum atomic E-state index is 12.8. The van der Waals surface area contributed by atoms with E-state index in [0.29, 0.717) is 36.1 Å². The van der Waals surface area contributed by atoms with Crippen molar-refractivity contribution in [2.75, 3.05) is 13.1 Å². The van der Waals surface area contributed by atoms with E-state index in [1.807, 2.05) is 18.3 Å². The zero-order chi connectivity index (χ0) is 22.0. The Bertz CT molecular complexity index is 1290. The van der Waals surface area contributed by atoms with Crippen molar-refractivity contribution in [1.29, 1.82) is 0 Å². The van der Waals surface area contributed by atoms with Crippen LogP contribution in [0.5, 0.6) is 0 Å². The summed E-state index contributed by atoms with van der Waals surface area (Å²) in [4.78, 5) is 9.00. The van der Waals surface area contributed by atoms with Gasteiger partial charge in [0, 0.05) is 31.7 Å². The molecular formula is C22H22N6O3S. The van der Waals surface area contributed by atoms with Gasteiger partial charge in [-0.25, -0.2) is 13.1 Å². The number of nitrogens with zero attached hydrogens (tertiary/aromatic N) is 6. The molecule has 32 heavy (non-hydrogen) atoms. The topological polar surface area (TPSA) is 107 Å². The molecule has 0 unspecified atom stereocenters. The molecule has 3 aromatic heterocycles. The highest BCUT2D eigenvalue weighted by molar-refractivity contribution is 7.89. The lowest BCUT2D eigenvalue weighted by Crippen LogP contribution is -2.35. The number of benzene rings is 1. The van der Waals surface area contributed by atoms with Crippen LogP contribution in [0.4, 0.5) is 0 Å². The minimum atomic E-state index is -3.44. The second-order valence-corrected chi connectivity index (χ2v) is 9.58. The van der Waals surface area contributed by atoms with E-state index in [4.69, 9.17) is 4.52 Å². The van der Waals surface area contributed by atoms with E-state index in [1.165, 1.54) is 0 Å². The minimum Gasteiger partial charge on any atom is -0.339 e. The van der Waals surface area contributed by atoms with E-state index in [2.05, 4.69) is 20.2 Å². The zero-order valence-corrected chi connectivity index (χ0v) is 18.1. The summed E-state index contributed by atoms with van der Waals surface area (Å²) in [7, 11) is -3.44. The maximum absolute atomic E-state index is 12.8. The van der Waals surface area contributed by atoms with Gasteiger partial charge in [0.15, 0.2) is 0 Å². The van der Waals surface area contributed by atoms with Crippen LogP contribution in [0.1, 0.15) is 30.7 Å². The molecular weight excluding hydrogens is 428 g/mol. The van der Waals surface area contributed by atoms with Gasteiger partial charge >= 0.3 is 0 Å². The summed E-state index contributed by atoms with van der Waals surface area (Å²) in [6.07, 6.45) is 10.2. The molecule has 0 aliphatic carbocycles. The molecule has 1 fully saturated rings. The van der Waals surface area contributed by atoms with E-state index in [-0.39, 0.29) is 0 Å². The molecule has 0 amide bonds. The molecule has 164 valence electrons. The first-order valence-corrected chi connectivity index (χ1v) is 11.9. The molecule has 4 aromatic rings. The fourth-order valence-corrected chi connectivity index (χ4v) is 5.33. The number of hydrogen-bond donors (Lipinski definition) is 0. The van der Waals surface area contributed by atoms with Crippen molar-refractivity contribution in [2.45, 2.75) is 30.6 Å². The minimum absolute atomic E-state index is 0.315. The highest BCUT2D eigenvalue weighted by Gasteiger charge is 2.25. The first-order chi connectivity index (χ1) is 15.6. The van der Waals surface area contributed by atoms with Gasteiger partial charge in [0.2, 0.25) is 21.7 Å². The summed E-state index contributed by atoms with van der Waals surface area (Å²) in [5.74, 6) is 0.882. The summed E-state index contributed by atoms with van der Waals surface area (Å²) >= 11 is 0. The molecule has 0 bridgehead atoms. The molecule has 5 rings (SSSR count). The number of piperidine rings is 1. The van der Waals surface area contributed by atoms with Crippen LogP contribution >= 0.6 is 0 Å². The van der Waals surface area contributed by atoms with Gasteiger partial charge in [-0.2, -0.15) is 14.4 Å². The van der Waals surface area contributed by atoms with E-state index in [0.717, 1.165) is 36.1 Å². The van der Waals surface area contributed by atoms with Gasteiger partial charge in [-0.1, -0.05) is 23.7 Å². The van der Waals surface area contributed by atoms with Gasteiger partial charge in [0.05, 0.1) is 28.8 Å². The first kappa shape index (κ1) is 20.5. The standard InChI is InChI=1S/C22H22N6O3S/c29-32(30,27-12-2-1-3-13-27)18-7-5-17(6-8-18)15-21-25-22(26-31-21)19-9-11-23-16-20(19)28-14-4-10-24-28/h4-11,14,16H,1-3,12-13,15H2. The number of hydrogen-bond acceptors (Lipinski definition) is 7. The highest BCUT2D eigenvalue weighted by Crippen LogP contribution is 2.24. The number of sulfonamides is 1. The smallest absolute Gasteiger partial charge is 0.243 e. The Labute approximate surface area is 185 Å². The van der Waals surface area contributed by atoms with Crippen LogP contribution in [0.2, 0.25) is 0 Å². The van der Waals surface area contributed by atoms with Crippen molar-refractivity contribution >= 4 is 10.0 Å². The van der Waals surface area contributed by atoms with Crippen LogP contribution in [0.15, 0.2) is 70.6 Å². The lowest BCUT2D eigenvalue weighted by atomic mass is 10.1. The van der Waals surface area contributed by atoms with Gasteiger partial charge in [-0.3, -0.25) is 4.98 Å². The van der Waals surface area contributed by atoms with Crippen molar-refractivity contribution in [3.8, 4) is 17.1 Å². The predicted octanol–water partition coefficient (Wildman–Crippen LogP) is 3.08. The quantitative estimate of drug-likeness (QED) is 0.444. The fraction of sp³-hybridized carbons (Fsp3) is 0.273. The van der Waals surface area contributed by atoms with Crippen LogP contribution in [0.25, 0.3) is 17.1 Å². The van der Waals surface area contributed by atoms with Gasteiger partial charge < -0.3 is 4.52 Å². The Morgan fingerprint density at radius 1 is 1.00 bits per heavy atom. The molecule has 0 saturated carbocycles. The van der Waals surface area contributed by atoms with E-state index in [9.17, 15) is 8.42 Å². The molecule has 0 N–H and O–H groups in total. The van der Waals surface area contributed by atoms with E-state index in [1.54, 1.807) is 51.8 Å². The predicted molar refractivity (Wildman–Crippen MR) is 117 cm³/mol.